The minimum Gasteiger partial charge on any atom is -0.394 e. The number of aliphatic hydroxyl groups is 1. The van der Waals surface area contributed by atoms with Crippen LogP contribution < -0.4 is 0 Å². The third-order valence-electron chi connectivity index (χ3n) is 3.34. The molecule has 82 valence electrons. The number of rotatable bonds is 4. The van der Waals surface area contributed by atoms with Crippen molar-refractivity contribution >= 4 is 0 Å². The number of aliphatic hydroxyl groups excluding tert-OH is 1. The van der Waals surface area contributed by atoms with Gasteiger partial charge in [-0.25, -0.2) is 0 Å². The van der Waals surface area contributed by atoms with Gasteiger partial charge in [0.05, 0.1) is 25.9 Å². The van der Waals surface area contributed by atoms with E-state index in [4.69, 9.17) is 14.6 Å². The summed E-state index contributed by atoms with van der Waals surface area (Å²) in [6.45, 7) is 2.63. The number of methoxy groups -OCH3 is 1. The highest BCUT2D eigenvalue weighted by molar-refractivity contribution is 4.91. The van der Waals surface area contributed by atoms with Crippen molar-refractivity contribution in [1.82, 2.24) is 4.90 Å². The van der Waals surface area contributed by atoms with Gasteiger partial charge in [0, 0.05) is 25.7 Å². The van der Waals surface area contributed by atoms with E-state index in [-0.39, 0.29) is 12.7 Å². The fourth-order valence-electron chi connectivity index (χ4n) is 2.45. The van der Waals surface area contributed by atoms with Crippen LogP contribution in [0.3, 0.4) is 0 Å². The highest BCUT2D eigenvalue weighted by atomic mass is 16.5. The maximum atomic E-state index is 9.07. The summed E-state index contributed by atoms with van der Waals surface area (Å²) in [5, 5.41) is 9.07. The zero-order valence-corrected chi connectivity index (χ0v) is 8.69. The molecule has 1 N–H and O–H groups in total. The van der Waals surface area contributed by atoms with Crippen molar-refractivity contribution in [2.45, 2.75) is 31.0 Å². The molecule has 2 saturated heterocycles. The molecule has 0 aromatic rings. The van der Waals surface area contributed by atoms with Gasteiger partial charge in [0.1, 0.15) is 0 Å². The van der Waals surface area contributed by atoms with Gasteiger partial charge in [-0.05, 0) is 12.8 Å². The van der Waals surface area contributed by atoms with Crippen LogP contribution in [0.4, 0.5) is 0 Å². The third-order valence-corrected chi connectivity index (χ3v) is 3.34. The van der Waals surface area contributed by atoms with E-state index < -0.39 is 0 Å². The Morgan fingerprint density at radius 2 is 2.07 bits per heavy atom. The molecule has 14 heavy (non-hydrogen) atoms. The second-order valence-corrected chi connectivity index (χ2v) is 4.16. The normalized spacial score (nSPS) is 34.7. The van der Waals surface area contributed by atoms with E-state index in [2.05, 4.69) is 4.90 Å². The van der Waals surface area contributed by atoms with E-state index >= 15 is 0 Å². The lowest BCUT2D eigenvalue weighted by atomic mass is 10.2. The number of fused-ring (bicyclic) bond motifs is 2. The van der Waals surface area contributed by atoms with Gasteiger partial charge in [-0.1, -0.05) is 0 Å². The molecule has 3 atom stereocenters. The molecule has 2 unspecified atom stereocenters. The highest BCUT2D eigenvalue weighted by Gasteiger charge is 2.38. The number of morpholine rings is 1. The Labute approximate surface area is 84.8 Å². The summed E-state index contributed by atoms with van der Waals surface area (Å²) in [5.41, 5.74) is 0. The van der Waals surface area contributed by atoms with Crippen LogP contribution in [-0.4, -0.2) is 61.7 Å². The van der Waals surface area contributed by atoms with E-state index in [9.17, 15) is 0 Å². The Balaban J connectivity index is 1.90. The summed E-state index contributed by atoms with van der Waals surface area (Å²) in [6.07, 6.45) is 2.41. The van der Waals surface area contributed by atoms with Gasteiger partial charge in [-0.15, -0.1) is 0 Å². The molecule has 0 radical (unpaired) electrons. The molecule has 2 rings (SSSR count). The second kappa shape index (κ2) is 4.57. The standard InChI is InChI=1S/C10H19NO3/c1-13-10(5-12)4-11-8-2-3-9(11)7-14-6-8/h8-10,12H,2-7H2,1H3/t8?,9?,10-/m0/s1. The number of ether oxygens (including phenoxy) is 2. The van der Waals surface area contributed by atoms with Gasteiger partial charge in [0.25, 0.3) is 0 Å². The molecule has 2 aliphatic rings. The van der Waals surface area contributed by atoms with Crippen LogP contribution >= 0.6 is 0 Å². The molecule has 0 amide bonds. The second-order valence-electron chi connectivity index (χ2n) is 4.16. The Bertz CT molecular complexity index is 168. The average Bonchev–Trinajstić information content (AvgIpc) is 2.46. The number of hydrogen-bond donors (Lipinski definition) is 1. The van der Waals surface area contributed by atoms with Crippen molar-refractivity contribution in [2.75, 3.05) is 33.5 Å². The average molecular weight is 201 g/mol. The lowest BCUT2D eigenvalue weighted by Gasteiger charge is -2.36. The minimum atomic E-state index is -0.0452. The van der Waals surface area contributed by atoms with Crippen molar-refractivity contribution in [3.8, 4) is 0 Å². The molecular formula is C10H19NO3. The van der Waals surface area contributed by atoms with E-state index in [1.165, 1.54) is 12.8 Å². The summed E-state index contributed by atoms with van der Waals surface area (Å²) >= 11 is 0. The van der Waals surface area contributed by atoms with E-state index in [1.54, 1.807) is 7.11 Å². The van der Waals surface area contributed by atoms with Gasteiger partial charge in [-0.2, -0.15) is 0 Å². The first kappa shape index (κ1) is 10.4. The first-order valence-corrected chi connectivity index (χ1v) is 5.32. The van der Waals surface area contributed by atoms with Crippen molar-refractivity contribution in [3.05, 3.63) is 0 Å². The lowest BCUT2D eigenvalue weighted by Crippen LogP contribution is -2.49. The van der Waals surface area contributed by atoms with Gasteiger partial charge >= 0.3 is 0 Å². The molecule has 4 nitrogen and oxygen atoms in total. The Morgan fingerprint density at radius 1 is 1.43 bits per heavy atom. The van der Waals surface area contributed by atoms with Crippen LogP contribution in [0, 0.1) is 0 Å². The third kappa shape index (κ3) is 1.93. The van der Waals surface area contributed by atoms with Crippen LogP contribution in [0.5, 0.6) is 0 Å². The van der Waals surface area contributed by atoms with Crippen LogP contribution in [0.2, 0.25) is 0 Å². The largest absolute Gasteiger partial charge is 0.394 e. The first-order chi connectivity index (χ1) is 6.85. The highest BCUT2D eigenvalue weighted by Crippen LogP contribution is 2.28. The SMILES string of the molecule is CO[C@H](CO)CN1C2CCC1COC2. The summed E-state index contributed by atoms with van der Waals surface area (Å²) in [6, 6.07) is 1.11. The van der Waals surface area contributed by atoms with Crippen molar-refractivity contribution in [3.63, 3.8) is 0 Å². The van der Waals surface area contributed by atoms with Crippen LogP contribution in [0.25, 0.3) is 0 Å². The molecule has 0 aromatic heterocycles. The Morgan fingerprint density at radius 3 is 2.57 bits per heavy atom. The van der Waals surface area contributed by atoms with E-state index in [1.807, 2.05) is 0 Å². The molecule has 2 aliphatic heterocycles. The molecule has 0 saturated carbocycles. The minimum absolute atomic E-state index is 0.0452. The summed E-state index contributed by atoms with van der Waals surface area (Å²) in [4.78, 5) is 2.44. The maximum Gasteiger partial charge on any atom is 0.0928 e. The maximum absolute atomic E-state index is 9.07. The van der Waals surface area contributed by atoms with Gasteiger partial charge in [-0.3, -0.25) is 4.90 Å². The fourth-order valence-corrected chi connectivity index (χ4v) is 2.45. The van der Waals surface area contributed by atoms with Crippen LogP contribution in [0.15, 0.2) is 0 Å². The molecule has 2 heterocycles. The zero-order valence-electron chi connectivity index (χ0n) is 8.69. The number of hydrogen-bond acceptors (Lipinski definition) is 4. The quantitative estimate of drug-likeness (QED) is 0.687. The molecule has 2 bridgehead atoms. The van der Waals surface area contributed by atoms with Crippen molar-refractivity contribution in [1.29, 1.82) is 0 Å². The van der Waals surface area contributed by atoms with Crippen LogP contribution in [0.1, 0.15) is 12.8 Å². The Hall–Kier alpha value is -0.160. The van der Waals surface area contributed by atoms with Crippen LogP contribution in [-0.2, 0) is 9.47 Å². The summed E-state index contributed by atoms with van der Waals surface area (Å²) in [7, 11) is 1.66. The topological polar surface area (TPSA) is 41.9 Å². The lowest BCUT2D eigenvalue weighted by molar-refractivity contribution is -0.0498. The molecule has 0 spiro atoms. The van der Waals surface area contributed by atoms with Gasteiger partial charge in [0.15, 0.2) is 0 Å². The molecule has 4 heteroatoms. The van der Waals surface area contributed by atoms with Gasteiger partial charge < -0.3 is 14.6 Å². The molecule has 0 aromatic carbocycles. The predicted molar refractivity (Wildman–Crippen MR) is 52.2 cm³/mol. The fraction of sp³-hybridized carbons (Fsp3) is 1.00. The van der Waals surface area contributed by atoms with E-state index in [0.29, 0.717) is 12.1 Å². The first-order valence-electron chi connectivity index (χ1n) is 5.32. The molecular weight excluding hydrogens is 182 g/mol. The summed E-state index contributed by atoms with van der Waals surface area (Å²) in [5.74, 6) is 0. The van der Waals surface area contributed by atoms with Crippen molar-refractivity contribution < 1.29 is 14.6 Å². The van der Waals surface area contributed by atoms with Gasteiger partial charge in [0.2, 0.25) is 0 Å². The zero-order chi connectivity index (χ0) is 9.97. The molecule has 2 fully saturated rings. The predicted octanol–water partition coefficient (Wildman–Crippen LogP) is -0.143. The Kier molecular flexibility index (Phi) is 3.38. The van der Waals surface area contributed by atoms with Crippen molar-refractivity contribution in [2.24, 2.45) is 0 Å². The van der Waals surface area contributed by atoms with E-state index in [0.717, 1.165) is 19.8 Å². The number of nitrogens with zero attached hydrogens (tertiary/aromatic N) is 1. The monoisotopic (exact) mass is 201 g/mol. The summed E-state index contributed by atoms with van der Waals surface area (Å²) < 4.78 is 10.7. The molecule has 0 aliphatic carbocycles. The smallest absolute Gasteiger partial charge is 0.0928 e.